The Balaban J connectivity index is 0.000000662. The Bertz CT molecular complexity index is 1220. The van der Waals surface area contributed by atoms with Crippen molar-refractivity contribution in [2.75, 3.05) is 47.6 Å². The largest absolute Gasteiger partial charge is 0.497 e. The average molecular weight is 610 g/mol. The number of carbonyl (C=O) groups is 2. The van der Waals surface area contributed by atoms with Gasteiger partial charge in [0.05, 0.1) is 27.9 Å². The van der Waals surface area contributed by atoms with Gasteiger partial charge in [-0.1, -0.05) is 24.3 Å². The fraction of sp³-hybridized carbons (Fsp3) is 0.353. The van der Waals surface area contributed by atoms with Crippen LogP contribution in [0, 0.1) is 5.92 Å². The van der Waals surface area contributed by atoms with Gasteiger partial charge in [0.1, 0.15) is 23.0 Å². The van der Waals surface area contributed by atoms with E-state index < -0.39 is 11.9 Å². The third-order valence-electron chi connectivity index (χ3n) is 7.37. The van der Waals surface area contributed by atoms with Gasteiger partial charge in [-0.3, -0.25) is 0 Å². The van der Waals surface area contributed by atoms with Gasteiger partial charge in [0.25, 0.3) is 0 Å². The Kier molecular flexibility index (Phi) is 15.3. The summed E-state index contributed by atoms with van der Waals surface area (Å²) in [5.74, 6) is 1.99. The van der Waals surface area contributed by atoms with E-state index in [0.29, 0.717) is 24.0 Å². The maximum Gasteiger partial charge on any atom is 0.328 e. The molecule has 1 aliphatic rings. The number of methoxy groups -OCH3 is 3. The number of likely N-dealkylation sites (tertiary alicyclic amines) is 1. The third-order valence-corrected chi connectivity index (χ3v) is 7.37. The lowest BCUT2D eigenvalue weighted by molar-refractivity contribution is -0.134. The zero-order chi connectivity index (χ0) is 31.0. The number of benzene rings is 3. The van der Waals surface area contributed by atoms with Crippen molar-refractivity contribution in [1.29, 1.82) is 0 Å². The molecule has 0 amide bonds. The SMILES string of the molecule is COc1ccc(OCCCN2CCC(C(c3ccc(OC)cc3)c3ccc(OC)cc3)CC2)cc1.O.O=C(O)C=CC(=O)O. The van der Waals surface area contributed by atoms with Gasteiger partial charge < -0.3 is 39.5 Å². The fourth-order valence-corrected chi connectivity index (χ4v) is 5.16. The topological polar surface area (TPSA) is 146 Å². The number of ether oxygens (including phenoxy) is 4. The summed E-state index contributed by atoms with van der Waals surface area (Å²) in [4.78, 5) is 21.7. The van der Waals surface area contributed by atoms with Crippen molar-refractivity contribution in [3.05, 3.63) is 96.1 Å². The van der Waals surface area contributed by atoms with Crippen LogP contribution in [0.4, 0.5) is 0 Å². The van der Waals surface area contributed by atoms with Gasteiger partial charge in [-0.15, -0.1) is 0 Å². The summed E-state index contributed by atoms with van der Waals surface area (Å²) in [7, 11) is 5.11. The van der Waals surface area contributed by atoms with Crippen LogP contribution >= 0.6 is 0 Å². The summed E-state index contributed by atoms with van der Waals surface area (Å²) in [6, 6.07) is 25.0. The minimum Gasteiger partial charge on any atom is -0.497 e. The molecule has 1 heterocycles. The Hall–Kier alpha value is -4.54. The molecule has 0 atom stereocenters. The molecule has 238 valence electrons. The molecule has 1 aliphatic heterocycles. The number of hydrogen-bond acceptors (Lipinski definition) is 7. The highest BCUT2D eigenvalue weighted by Crippen LogP contribution is 2.39. The standard InChI is InChI=1S/C30H37NO4.C4H4O4.H2O/c1-32-26-9-5-23(6-10-26)30(24-7-11-27(33-2)12-8-24)25-17-20-31(21-18-25)19-4-22-35-29-15-13-28(34-3)14-16-29;5-3(6)1-2-4(7)8;/h5-16,25,30H,4,17-22H2,1-3H3;1-2H,(H,5,6)(H,7,8);1H2. The minimum atomic E-state index is -1.26. The fourth-order valence-electron chi connectivity index (χ4n) is 5.16. The zero-order valence-corrected chi connectivity index (χ0v) is 25.5. The Morgan fingerprint density at radius 3 is 1.50 bits per heavy atom. The summed E-state index contributed by atoms with van der Waals surface area (Å²) in [5, 5.41) is 15.6. The molecule has 0 saturated carbocycles. The minimum absolute atomic E-state index is 0. The van der Waals surface area contributed by atoms with E-state index in [9.17, 15) is 9.59 Å². The van der Waals surface area contributed by atoms with E-state index in [1.165, 1.54) is 24.0 Å². The Morgan fingerprint density at radius 2 is 1.11 bits per heavy atom. The van der Waals surface area contributed by atoms with Crippen molar-refractivity contribution >= 4 is 11.9 Å². The van der Waals surface area contributed by atoms with Crippen LogP contribution in [0.15, 0.2) is 84.9 Å². The lowest BCUT2D eigenvalue weighted by Gasteiger charge is -2.36. The molecule has 0 aliphatic carbocycles. The second-order valence-corrected chi connectivity index (χ2v) is 10.1. The molecule has 0 spiro atoms. The smallest absolute Gasteiger partial charge is 0.328 e. The number of piperidine rings is 1. The number of hydrogen-bond donors (Lipinski definition) is 2. The molecular weight excluding hydrogens is 566 g/mol. The van der Waals surface area contributed by atoms with Crippen LogP contribution in [0.1, 0.15) is 36.3 Å². The van der Waals surface area contributed by atoms with Gasteiger partial charge >= 0.3 is 11.9 Å². The predicted molar refractivity (Wildman–Crippen MR) is 168 cm³/mol. The maximum atomic E-state index is 9.55. The molecule has 10 heteroatoms. The van der Waals surface area contributed by atoms with E-state index in [0.717, 1.165) is 55.7 Å². The molecule has 44 heavy (non-hydrogen) atoms. The summed E-state index contributed by atoms with van der Waals surface area (Å²) >= 11 is 0. The summed E-state index contributed by atoms with van der Waals surface area (Å²) < 4.78 is 21.9. The zero-order valence-electron chi connectivity index (χ0n) is 25.5. The van der Waals surface area contributed by atoms with Gasteiger partial charge in [0.15, 0.2) is 0 Å². The van der Waals surface area contributed by atoms with Crippen molar-refractivity contribution in [1.82, 2.24) is 4.90 Å². The van der Waals surface area contributed by atoms with Crippen LogP contribution in [-0.2, 0) is 9.59 Å². The van der Waals surface area contributed by atoms with Crippen LogP contribution in [0.2, 0.25) is 0 Å². The van der Waals surface area contributed by atoms with E-state index in [-0.39, 0.29) is 5.48 Å². The van der Waals surface area contributed by atoms with Crippen molar-refractivity contribution in [3.63, 3.8) is 0 Å². The molecular formula is C34H43NO9. The van der Waals surface area contributed by atoms with Crippen LogP contribution < -0.4 is 18.9 Å². The molecule has 4 N–H and O–H groups in total. The first-order valence-electron chi connectivity index (χ1n) is 14.2. The number of carboxylic acid groups (broad SMARTS) is 2. The molecule has 0 aromatic heterocycles. The monoisotopic (exact) mass is 609 g/mol. The van der Waals surface area contributed by atoms with Crippen LogP contribution in [0.25, 0.3) is 0 Å². The Morgan fingerprint density at radius 1 is 0.727 bits per heavy atom. The first kappa shape index (κ1) is 35.7. The predicted octanol–water partition coefficient (Wildman–Crippen LogP) is 4.91. The van der Waals surface area contributed by atoms with Gasteiger partial charge in [0, 0.05) is 24.6 Å². The highest BCUT2D eigenvalue weighted by atomic mass is 16.5. The van der Waals surface area contributed by atoms with Crippen LogP contribution in [0.5, 0.6) is 23.0 Å². The molecule has 4 rings (SSSR count). The van der Waals surface area contributed by atoms with E-state index >= 15 is 0 Å². The van der Waals surface area contributed by atoms with Crippen molar-refractivity contribution in [3.8, 4) is 23.0 Å². The number of nitrogens with zero attached hydrogens (tertiary/aromatic N) is 1. The number of aliphatic carboxylic acids is 2. The molecule has 0 radical (unpaired) electrons. The van der Waals surface area contributed by atoms with E-state index in [4.69, 9.17) is 29.2 Å². The van der Waals surface area contributed by atoms with Gasteiger partial charge in [-0.05, 0) is 97.9 Å². The van der Waals surface area contributed by atoms with E-state index in [1.807, 2.05) is 24.3 Å². The first-order chi connectivity index (χ1) is 20.8. The molecule has 3 aromatic rings. The highest BCUT2D eigenvalue weighted by molar-refractivity contribution is 5.89. The van der Waals surface area contributed by atoms with Gasteiger partial charge in [-0.2, -0.15) is 0 Å². The number of carboxylic acids is 2. The molecule has 0 unspecified atom stereocenters. The highest BCUT2D eigenvalue weighted by Gasteiger charge is 2.29. The molecule has 1 fully saturated rings. The Labute approximate surface area is 258 Å². The van der Waals surface area contributed by atoms with Crippen LogP contribution in [0.3, 0.4) is 0 Å². The first-order valence-corrected chi connectivity index (χ1v) is 14.2. The lowest BCUT2D eigenvalue weighted by atomic mass is 9.76. The van der Waals surface area contributed by atoms with Crippen LogP contribution in [-0.4, -0.2) is 80.1 Å². The lowest BCUT2D eigenvalue weighted by Crippen LogP contribution is -2.36. The van der Waals surface area contributed by atoms with E-state index in [1.54, 1.807) is 21.3 Å². The molecule has 1 saturated heterocycles. The molecule has 3 aromatic carbocycles. The normalized spacial score (nSPS) is 13.4. The second-order valence-electron chi connectivity index (χ2n) is 10.1. The second kappa shape index (κ2) is 18.9. The van der Waals surface area contributed by atoms with Crippen molar-refractivity contribution in [2.24, 2.45) is 5.92 Å². The van der Waals surface area contributed by atoms with Crippen molar-refractivity contribution < 1.29 is 44.2 Å². The third kappa shape index (κ3) is 11.6. The van der Waals surface area contributed by atoms with Gasteiger partial charge in [-0.25, -0.2) is 9.59 Å². The summed E-state index contributed by atoms with van der Waals surface area (Å²) in [6.07, 6.45) is 4.51. The quantitative estimate of drug-likeness (QED) is 0.204. The average Bonchev–Trinajstić information content (AvgIpc) is 3.04. The molecule has 10 nitrogen and oxygen atoms in total. The van der Waals surface area contributed by atoms with E-state index in [2.05, 4.69) is 53.4 Å². The molecule has 0 bridgehead atoms. The van der Waals surface area contributed by atoms with Gasteiger partial charge in [0.2, 0.25) is 0 Å². The number of rotatable bonds is 13. The summed E-state index contributed by atoms with van der Waals surface area (Å²) in [6.45, 7) is 4.04. The van der Waals surface area contributed by atoms with Crippen molar-refractivity contribution in [2.45, 2.75) is 25.2 Å². The maximum absolute atomic E-state index is 9.55. The summed E-state index contributed by atoms with van der Waals surface area (Å²) in [5.41, 5.74) is 2.70.